The molecule has 154 valence electrons. The highest BCUT2D eigenvalue weighted by atomic mass is 16.5. The topological polar surface area (TPSA) is 115 Å². The summed E-state index contributed by atoms with van der Waals surface area (Å²) < 4.78 is 0. The van der Waals surface area contributed by atoms with Gasteiger partial charge in [0.15, 0.2) is 0 Å². The van der Waals surface area contributed by atoms with Crippen molar-refractivity contribution in [3.05, 3.63) is 0 Å². The second-order valence-corrected chi connectivity index (χ2v) is 7.32. The SMILES string of the molecule is O=C(O)CCCCCCCCCCCCCCCCCC(O)(O)C(=O)O. The van der Waals surface area contributed by atoms with Crippen LogP contribution in [0.1, 0.15) is 109 Å². The molecule has 0 aliphatic heterocycles. The van der Waals surface area contributed by atoms with E-state index >= 15 is 0 Å². The summed E-state index contributed by atoms with van der Waals surface area (Å²) in [5.41, 5.74) is 0. The molecule has 4 N–H and O–H groups in total. The van der Waals surface area contributed by atoms with Gasteiger partial charge in [-0.1, -0.05) is 83.5 Å². The van der Waals surface area contributed by atoms with Crippen LogP contribution in [0.25, 0.3) is 0 Å². The van der Waals surface area contributed by atoms with Crippen LogP contribution in [0.15, 0.2) is 0 Å². The first-order valence-corrected chi connectivity index (χ1v) is 10.3. The molecule has 0 bridgehead atoms. The van der Waals surface area contributed by atoms with E-state index < -0.39 is 17.7 Å². The number of hydrogen-bond donors (Lipinski definition) is 4. The van der Waals surface area contributed by atoms with Crippen molar-refractivity contribution in [3.8, 4) is 0 Å². The molecular formula is C20H38O6. The third-order valence-electron chi connectivity index (χ3n) is 4.76. The Balaban J connectivity index is 3.16. The second-order valence-electron chi connectivity index (χ2n) is 7.32. The maximum Gasteiger partial charge on any atom is 0.364 e. The minimum absolute atomic E-state index is 0.109. The Kier molecular flexibility index (Phi) is 15.4. The van der Waals surface area contributed by atoms with Crippen molar-refractivity contribution in [2.24, 2.45) is 0 Å². The van der Waals surface area contributed by atoms with Gasteiger partial charge in [-0.2, -0.15) is 0 Å². The molecule has 0 atom stereocenters. The van der Waals surface area contributed by atoms with Gasteiger partial charge in [-0.05, 0) is 12.8 Å². The van der Waals surface area contributed by atoms with Crippen molar-refractivity contribution in [2.45, 2.75) is 115 Å². The van der Waals surface area contributed by atoms with Crippen molar-refractivity contribution >= 4 is 11.9 Å². The lowest BCUT2D eigenvalue weighted by atomic mass is 10.0. The van der Waals surface area contributed by atoms with E-state index in [1.807, 2.05) is 0 Å². The van der Waals surface area contributed by atoms with E-state index in [-0.39, 0.29) is 6.42 Å². The second kappa shape index (κ2) is 16.1. The smallest absolute Gasteiger partial charge is 0.364 e. The third kappa shape index (κ3) is 16.3. The van der Waals surface area contributed by atoms with E-state index in [1.165, 1.54) is 51.4 Å². The maximum atomic E-state index is 10.5. The first kappa shape index (κ1) is 24.9. The molecule has 0 unspecified atom stereocenters. The normalized spacial score (nSPS) is 11.6. The molecule has 0 aliphatic carbocycles. The van der Waals surface area contributed by atoms with Gasteiger partial charge < -0.3 is 20.4 Å². The van der Waals surface area contributed by atoms with Gasteiger partial charge in [0, 0.05) is 12.8 Å². The fourth-order valence-corrected chi connectivity index (χ4v) is 3.05. The van der Waals surface area contributed by atoms with Crippen molar-refractivity contribution in [1.82, 2.24) is 0 Å². The van der Waals surface area contributed by atoms with Gasteiger partial charge in [-0.25, -0.2) is 4.79 Å². The van der Waals surface area contributed by atoms with Gasteiger partial charge in [-0.3, -0.25) is 4.79 Å². The van der Waals surface area contributed by atoms with E-state index in [0.717, 1.165) is 38.5 Å². The summed E-state index contributed by atoms with van der Waals surface area (Å²) in [5, 5.41) is 35.4. The molecule has 6 heteroatoms. The Morgan fingerprint density at radius 3 is 1.15 bits per heavy atom. The Hall–Kier alpha value is -1.14. The van der Waals surface area contributed by atoms with Crippen LogP contribution < -0.4 is 0 Å². The standard InChI is InChI=1S/C20H38O6/c21-18(22)16-14-12-10-8-6-4-2-1-3-5-7-9-11-13-15-17-20(25,26)19(23)24/h25-26H,1-17H2,(H,21,22)(H,23,24). The molecule has 26 heavy (non-hydrogen) atoms. The van der Waals surface area contributed by atoms with E-state index in [0.29, 0.717) is 12.8 Å². The lowest BCUT2D eigenvalue weighted by Gasteiger charge is -2.15. The quantitative estimate of drug-likeness (QED) is 0.196. The summed E-state index contributed by atoms with van der Waals surface area (Å²) in [6, 6.07) is 0. The Morgan fingerprint density at radius 1 is 0.538 bits per heavy atom. The zero-order valence-electron chi connectivity index (χ0n) is 16.1. The zero-order chi connectivity index (χ0) is 19.7. The van der Waals surface area contributed by atoms with Crippen molar-refractivity contribution in [1.29, 1.82) is 0 Å². The highest BCUT2D eigenvalue weighted by Gasteiger charge is 2.31. The number of carbonyl (C=O) groups is 2. The average Bonchev–Trinajstić information content (AvgIpc) is 2.57. The summed E-state index contributed by atoms with van der Waals surface area (Å²) in [5.74, 6) is -4.84. The van der Waals surface area contributed by atoms with Gasteiger partial charge in [0.2, 0.25) is 0 Å². The molecule has 0 aromatic rings. The molecule has 0 saturated carbocycles. The van der Waals surface area contributed by atoms with Crippen LogP contribution in [-0.4, -0.2) is 38.2 Å². The largest absolute Gasteiger partial charge is 0.481 e. The summed E-state index contributed by atoms with van der Waals surface area (Å²) in [6.45, 7) is 0. The number of hydrogen-bond acceptors (Lipinski definition) is 4. The lowest BCUT2D eigenvalue weighted by molar-refractivity contribution is -0.205. The average molecular weight is 375 g/mol. The summed E-state index contributed by atoms with van der Waals surface area (Å²) >= 11 is 0. The van der Waals surface area contributed by atoms with Crippen LogP contribution >= 0.6 is 0 Å². The van der Waals surface area contributed by atoms with Gasteiger partial charge >= 0.3 is 11.9 Å². The van der Waals surface area contributed by atoms with E-state index in [4.69, 9.17) is 20.4 Å². The highest BCUT2D eigenvalue weighted by molar-refractivity contribution is 5.74. The minimum atomic E-state index is -2.57. The molecule has 0 spiro atoms. The van der Waals surface area contributed by atoms with Crippen LogP contribution in [-0.2, 0) is 9.59 Å². The van der Waals surface area contributed by atoms with Crippen molar-refractivity contribution in [2.75, 3.05) is 0 Å². The molecule has 0 rings (SSSR count). The summed E-state index contributed by atoms with van der Waals surface area (Å²) in [7, 11) is 0. The summed E-state index contributed by atoms with van der Waals surface area (Å²) in [4.78, 5) is 20.9. The molecule has 0 radical (unpaired) electrons. The number of unbranched alkanes of at least 4 members (excludes halogenated alkanes) is 14. The summed E-state index contributed by atoms with van der Waals surface area (Å²) in [6.07, 6.45) is 16.6. The van der Waals surface area contributed by atoms with Gasteiger partial charge in [-0.15, -0.1) is 0 Å². The van der Waals surface area contributed by atoms with Crippen LogP contribution in [0.4, 0.5) is 0 Å². The molecule has 0 aromatic carbocycles. The van der Waals surface area contributed by atoms with Crippen LogP contribution in [0.2, 0.25) is 0 Å². The van der Waals surface area contributed by atoms with Gasteiger partial charge in [0.1, 0.15) is 0 Å². The predicted molar refractivity (Wildman–Crippen MR) is 101 cm³/mol. The van der Waals surface area contributed by atoms with Crippen LogP contribution in [0.5, 0.6) is 0 Å². The minimum Gasteiger partial charge on any atom is -0.481 e. The monoisotopic (exact) mass is 374 g/mol. The number of aliphatic carboxylic acids is 2. The van der Waals surface area contributed by atoms with Crippen molar-refractivity contribution < 1.29 is 30.0 Å². The van der Waals surface area contributed by atoms with E-state index in [2.05, 4.69) is 0 Å². The molecule has 0 aromatic heterocycles. The van der Waals surface area contributed by atoms with Crippen molar-refractivity contribution in [3.63, 3.8) is 0 Å². The Bertz CT molecular complexity index is 367. The fourth-order valence-electron chi connectivity index (χ4n) is 3.05. The Morgan fingerprint density at radius 2 is 0.846 bits per heavy atom. The van der Waals surface area contributed by atoms with Gasteiger partial charge in [0.05, 0.1) is 0 Å². The van der Waals surface area contributed by atoms with Crippen LogP contribution in [0.3, 0.4) is 0 Å². The lowest BCUT2D eigenvalue weighted by Crippen LogP contribution is -2.37. The number of rotatable bonds is 19. The Labute approximate surface area is 157 Å². The fraction of sp³-hybridized carbons (Fsp3) is 0.900. The van der Waals surface area contributed by atoms with Gasteiger partial charge in [0.25, 0.3) is 5.79 Å². The number of carboxylic acid groups (broad SMARTS) is 2. The number of carboxylic acids is 2. The third-order valence-corrected chi connectivity index (χ3v) is 4.76. The molecule has 0 aliphatic rings. The first-order valence-electron chi connectivity index (χ1n) is 10.3. The molecule has 0 fully saturated rings. The molecule has 0 saturated heterocycles. The predicted octanol–water partition coefficient (Wildman–Crippen LogP) is 4.47. The van der Waals surface area contributed by atoms with E-state index in [1.54, 1.807) is 0 Å². The highest BCUT2D eigenvalue weighted by Crippen LogP contribution is 2.16. The number of aliphatic hydroxyl groups is 2. The molecule has 6 nitrogen and oxygen atoms in total. The van der Waals surface area contributed by atoms with Crippen LogP contribution in [0, 0.1) is 0 Å². The molecule has 0 heterocycles. The molecular weight excluding hydrogens is 336 g/mol. The molecule has 0 amide bonds. The maximum absolute atomic E-state index is 10.5. The first-order chi connectivity index (χ1) is 12.4. The zero-order valence-corrected chi connectivity index (χ0v) is 16.1. The van der Waals surface area contributed by atoms with E-state index in [9.17, 15) is 9.59 Å².